The fraction of sp³-hybridized carbons (Fsp3) is 0.571. The maximum atomic E-state index is 9.87. The lowest BCUT2D eigenvalue weighted by molar-refractivity contribution is 0.161. The van der Waals surface area contributed by atoms with Gasteiger partial charge in [-0.3, -0.25) is 0 Å². The zero-order valence-electron chi connectivity index (χ0n) is 9.95. The minimum atomic E-state index is -0.170. The second kappa shape index (κ2) is 8.07. The molecule has 1 rings (SSSR count). The summed E-state index contributed by atoms with van der Waals surface area (Å²) in [5.74, 6) is 0. The third-order valence-electron chi connectivity index (χ3n) is 2.78. The average Bonchev–Trinajstić information content (AvgIpc) is 2.28. The summed E-state index contributed by atoms with van der Waals surface area (Å²) in [4.78, 5) is 0. The molecule has 0 spiro atoms. The highest BCUT2D eigenvalue weighted by atomic mass is 127. The van der Waals surface area contributed by atoms with Gasteiger partial charge in [0.05, 0.1) is 6.10 Å². The van der Waals surface area contributed by atoms with E-state index in [2.05, 4.69) is 53.8 Å². The Hall–Kier alpha value is -0.0900. The van der Waals surface area contributed by atoms with Crippen LogP contribution < -0.4 is 0 Å². The summed E-state index contributed by atoms with van der Waals surface area (Å²) < 4.78 is 1.25. The molecule has 0 fully saturated rings. The third kappa shape index (κ3) is 5.85. The molecule has 0 saturated carbocycles. The van der Waals surface area contributed by atoms with Crippen LogP contribution in [0.25, 0.3) is 0 Å². The molecule has 0 aliphatic carbocycles. The van der Waals surface area contributed by atoms with Crippen LogP contribution in [-0.4, -0.2) is 11.2 Å². The molecule has 90 valence electrons. The summed E-state index contributed by atoms with van der Waals surface area (Å²) in [6.45, 7) is 2.21. The molecule has 16 heavy (non-hydrogen) atoms. The molecule has 1 aromatic carbocycles. The Morgan fingerprint density at radius 1 is 1.12 bits per heavy atom. The minimum Gasteiger partial charge on any atom is -0.393 e. The Morgan fingerprint density at radius 2 is 1.81 bits per heavy atom. The lowest BCUT2D eigenvalue weighted by atomic mass is 10.0. The summed E-state index contributed by atoms with van der Waals surface area (Å²) in [5.41, 5.74) is 1.24. The molecule has 0 amide bonds. The van der Waals surface area contributed by atoms with Crippen LogP contribution in [0.5, 0.6) is 0 Å². The van der Waals surface area contributed by atoms with E-state index >= 15 is 0 Å². The van der Waals surface area contributed by atoms with Crippen LogP contribution >= 0.6 is 22.6 Å². The molecule has 1 aromatic rings. The Labute approximate surface area is 112 Å². The van der Waals surface area contributed by atoms with Crippen molar-refractivity contribution >= 4 is 22.6 Å². The molecule has 1 N–H and O–H groups in total. The van der Waals surface area contributed by atoms with Gasteiger partial charge >= 0.3 is 0 Å². The number of halogens is 1. The van der Waals surface area contributed by atoms with E-state index in [0.29, 0.717) is 0 Å². The molecule has 1 unspecified atom stereocenters. The Bertz CT molecular complexity index is 281. The molecule has 0 bridgehead atoms. The first-order valence-corrected chi connectivity index (χ1v) is 7.22. The number of benzene rings is 1. The molecule has 0 aliphatic rings. The van der Waals surface area contributed by atoms with Crippen molar-refractivity contribution in [1.82, 2.24) is 0 Å². The summed E-state index contributed by atoms with van der Waals surface area (Å²) in [6, 6.07) is 8.41. The van der Waals surface area contributed by atoms with Crippen LogP contribution in [0, 0.1) is 3.57 Å². The third-order valence-corrected chi connectivity index (χ3v) is 3.49. The van der Waals surface area contributed by atoms with Gasteiger partial charge in [0.15, 0.2) is 0 Å². The first kappa shape index (κ1) is 14.0. The molecular weight excluding hydrogens is 311 g/mol. The van der Waals surface area contributed by atoms with Gasteiger partial charge in [-0.15, -0.1) is 0 Å². The molecule has 0 radical (unpaired) electrons. The van der Waals surface area contributed by atoms with Gasteiger partial charge in [0.1, 0.15) is 0 Å². The van der Waals surface area contributed by atoms with E-state index in [4.69, 9.17) is 0 Å². The van der Waals surface area contributed by atoms with Crippen LogP contribution in [0.1, 0.15) is 44.6 Å². The molecule has 0 saturated heterocycles. The van der Waals surface area contributed by atoms with Gasteiger partial charge in [0, 0.05) is 3.57 Å². The lowest BCUT2D eigenvalue weighted by Crippen LogP contribution is -2.10. The van der Waals surface area contributed by atoms with E-state index in [1.54, 1.807) is 0 Å². The minimum absolute atomic E-state index is 0.170. The summed E-state index contributed by atoms with van der Waals surface area (Å²) in [6.07, 6.45) is 6.51. The van der Waals surface area contributed by atoms with Gasteiger partial charge < -0.3 is 5.11 Å². The molecule has 1 nitrogen and oxygen atoms in total. The molecule has 2 heteroatoms. The standard InChI is InChI=1S/C14H21IO/c1-2-3-4-5-6-14(16)11-12-7-9-13(15)10-8-12/h7-10,14,16H,2-6,11H2,1H3. The van der Waals surface area contributed by atoms with Gasteiger partial charge in [-0.2, -0.15) is 0 Å². The lowest BCUT2D eigenvalue weighted by Gasteiger charge is -2.10. The Kier molecular flexibility index (Phi) is 7.05. The normalized spacial score (nSPS) is 12.7. The summed E-state index contributed by atoms with van der Waals surface area (Å²) in [5, 5.41) is 9.87. The number of hydrogen-bond donors (Lipinski definition) is 1. The smallest absolute Gasteiger partial charge is 0.0580 e. The first-order chi connectivity index (χ1) is 7.72. The van der Waals surface area contributed by atoms with Crippen LogP contribution in [0.2, 0.25) is 0 Å². The number of aliphatic hydroxyl groups is 1. The van der Waals surface area contributed by atoms with Gasteiger partial charge in [0.25, 0.3) is 0 Å². The predicted octanol–water partition coefficient (Wildman–Crippen LogP) is 4.17. The maximum absolute atomic E-state index is 9.87. The van der Waals surface area contributed by atoms with Gasteiger partial charge in [-0.05, 0) is 53.1 Å². The highest BCUT2D eigenvalue weighted by Crippen LogP contribution is 2.12. The van der Waals surface area contributed by atoms with Crippen molar-refractivity contribution in [2.75, 3.05) is 0 Å². The van der Waals surface area contributed by atoms with E-state index in [-0.39, 0.29) is 6.10 Å². The van der Waals surface area contributed by atoms with E-state index in [1.807, 2.05) is 0 Å². The molecular formula is C14H21IO. The average molecular weight is 332 g/mol. The van der Waals surface area contributed by atoms with Crippen molar-refractivity contribution in [2.45, 2.75) is 51.6 Å². The fourth-order valence-electron chi connectivity index (χ4n) is 1.80. The number of hydrogen-bond acceptors (Lipinski definition) is 1. The molecule has 0 aliphatic heterocycles. The largest absolute Gasteiger partial charge is 0.393 e. The summed E-state index contributed by atoms with van der Waals surface area (Å²) >= 11 is 2.30. The van der Waals surface area contributed by atoms with Crippen LogP contribution in [0.4, 0.5) is 0 Å². The van der Waals surface area contributed by atoms with Crippen molar-refractivity contribution in [3.8, 4) is 0 Å². The van der Waals surface area contributed by atoms with Crippen molar-refractivity contribution in [3.63, 3.8) is 0 Å². The zero-order valence-corrected chi connectivity index (χ0v) is 12.1. The van der Waals surface area contributed by atoms with Crippen molar-refractivity contribution in [3.05, 3.63) is 33.4 Å². The number of rotatable bonds is 7. The second-order valence-corrected chi connectivity index (χ2v) is 5.58. The van der Waals surface area contributed by atoms with E-state index in [1.165, 1.54) is 28.4 Å². The number of unbranched alkanes of at least 4 members (excludes halogenated alkanes) is 3. The number of aliphatic hydroxyl groups excluding tert-OH is 1. The van der Waals surface area contributed by atoms with E-state index < -0.39 is 0 Å². The van der Waals surface area contributed by atoms with Gasteiger partial charge in [-0.25, -0.2) is 0 Å². The highest BCUT2D eigenvalue weighted by molar-refractivity contribution is 14.1. The van der Waals surface area contributed by atoms with Crippen LogP contribution in [0.3, 0.4) is 0 Å². The monoisotopic (exact) mass is 332 g/mol. The topological polar surface area (TPSA) is 20.2 Å². The molecule has 0 aromatic heterocycles. The van der Waals surface area contributed by atoms with Crippen molar-refractivity contribution in [2.24, 2.45) is 0 Å². The summed E-state index contributed by atoms with van der Waals surface area (Å²) in [7, 11) is 0. The van der Waals surface area contributed by atoms with E-state index in [0.717, 1.165) is 19.3 Å². The SMILES string of the molecule is CCCCCCC(O)Cc1ccc(I)cc1. The highest BCUT2D eigenvalue weighted by Gasteiger charge is 2.05. The van der Waals surface area contributed by atoms with Crippen molar-refractivity contribution in [1.29, 1.82) is 0 Å². The first-order valence-electron chi connectivity index (χ1n) is 6.15. The van der Waals surface area contributed by atoms with Crippen molar-refractivity contribution < 1.29 is 5.11 Å². The van der Waals surface area contributed by atoms with Crippen LogP contribution in [0.15, 0.2) is 24.3 Å². The predicted molar refractivity (Wildman–Crippen MR) is 77.6 cm³/mol. The Balaban J connectivity index is 2.23. The second-order valence-electron chi connectivity index (χ2n) is 4.33. The molecule has 1 atom stereocenters. The fourth-order valence-corrected chi connectivity index (χ4v) is 2.16. The van der Waals surface area contributed by atoms with E-state index in [9.17, 15) is 5.11 Å². The van der Waals surface area contributed by atoms with Gasteiger partial charge in [-0.1, -0.05) is 44.7 Å². The van der Waals surface area contributed by atoms with Crippen LogP contribution in [-0.2, 0) is 6.42 Å². The Morgan fingerprint density at radius 3 is 2.44 bits per heavy atom. The molecule has 0 heterocycles. The maximum Gasteiger partial charge on any atom is 0.0580 e. The zero-order chi connectivity index (χ0) is 11.8. The van der Waals surface area contributed by atoms with Gasteiger partial charge in [0.2, 0.25) is 0 Å². The quantitative estimate of drug-likeness (QED) is 0.587.